The number of carbonyl (C=O) groups is 2. The van der Waals surface area contributed by atoms with Crippen molar-refractivity contribution in [2.75, 3.05) is 13.7 Å². The van der Waals surface area contributed by atoms with Crippen LogP contribution in [-0.4, -0.2) is 25.7 Å². The normalized spacial score (nSPS) is 18.3. The number of carbonyl (C=O) groups excluding carboxylic acids is 2. The van der Waals surface area contributed by atoms with Gasteiger partial charge in [-0.2, -0.15) is 0 Å². The van der Waals surface area contributed by atoms with Crippen molar-refractivity contribution < 1.29 is 19.1 Å². The van der Waals surface area contributed by atoms with Gasteiger partial charge in [0.1, 0.15) is 0 Å². The molecule has 2 unspecified atom stereocenters. The third kappa shape index (κ3) is 12.4. The highest BCUT2D eigenvalue weighted by Crippen LogP contribution is 2.28. The average molecular weight is 423 g/mol. The molecule has 1 aliphatic carbocycles. The van der Waals surface area contributed by atoms with Crippen molar-refractivity contribution in [1.29, 1.82) is 0 Å². The summed E-state index contributed by atoms with van der Waals surface area (Å²) in [6.07, 6.45) is 24.8. The Morgan fingerprint density at radius 3 is 1.50 bits per heavy atom. The van der Waals surface area contributed by atoms with Crippen LogP contribution in [0, 0.1) is 11.8 Å². The van der Waals surface area contributed by atoms with Crippen molar-refractivity contribution in [2.24, 2.45) is 11.8 Å². The highest BCUT2D eigenvalue weighted by Gasteiger charge is 2.35. The quantitative estimate of drug-likeness (QED) is 0.134. The Labute approximate surface area is 185 Å². The second-order valence-electron chi connectivity index (χ2n) is 8.80. The molecule has 0 bridgehead atoms. The predicted molar refractivity (Wildman–Crippen MR) is 123 cm³/mol. The van der Waals surface area contributed by atoms with Crippen LogP contribution in [-0.2, 0) is 19.1 Å². The number of ether oxygens (including phenoxy) is 2. The fourth-order valence-corrected chi connectivity index (χ4v) is 4.24. The standard InChI is InChI=1S/C26H46O4/c1-3-4-5-6-7-8-9-10-11-12-13-14-15-16-19-22-30-26(28)24-21-18-17-20-23(24)25(27)29-2/h17-18,23-24H,3-16,19-22H2,1-2H3. The van der Waals surface area contributed by atoms with Gasteiger partial charge in [0, 0.05) is 0 Å². The first-order chi connectivity index (χ1) is 14.7. The SMILES string of the molecule is CCCCCCCCCCCCCCCCCOC(=O)C1CC=CCC1C(=O)OC. The second-order valence-corrected chi connectivity index (χ2v) is 8.80. The van der Waals surface area contributed by atoms with Gasteiger partial charge in [-0.25, -0.2) is 0 Å². The van der Waals surface area contributed by atoms with Crippen LogP contribution in [0.5, 0.6) is 0 Å². The Hall–Kier alpha value is -1.32. The Morgan fingerprint density at radius 1 is 0.667 bits per heavy atom. The molecular weight excluding hydrogens is 376 g/mol. The van der Waals surface area contributed by atoms with E-state index >= 15 is 0 Å². The van der Waals surface area contributed by atoms with E-state index in [9.17, 15) is 9.59 Å². The third-order valence-electron chi connectivity index (χ3n) is 6.23. The van der Waals surface area contributed by atoms with Gasteiger partial charge < -0.3 is 9.47 Å². The number of allylic oxidation sites excluding steroid dienone is 2. The first-order valence-corrected chi connectivity index (χ1v) is 12.6. The van der Waals surface area contributed by atoms with E-state index in [4.69, 9.17) is 9.47 Å². The molecule has 2 atom stereocenters. The van der Waals surface area contributed by atoms with Gasteiger partial charge in [0.15, 0.2) is 0 Å². The highest BCUT2D eigenvalue weighted by atomic mass is 16.5. The van der Waals surface area contributed by atoms with Crippen molar-refractivity contribution >= 4 is 11.9 Å². The van der Waals surface area contributed by atoms with Gasteiger partial charge in [-0.05, 0) is 19.3 Å². The Kier molecular flexibility index (Phi) is 16.4. The molecular formula is C26H46O4. The summed E-state index contributed by atoms with van der Waals surface area (Å²) in [6.45, 7) is 2.73. The van der Waals surface area contributed by atoms with Gasteiger partial charge in [-0.1, -0.05) is 109 Å². The molecule has 4 heteroatoms. The zero-order valence-electron chi connectivity index (χ0n) is 19.7. The van der Waals surface area contributed by atoms with E-state index < -0.39 is 11.8 Å². The van der Waals surface area contributed by atoms with E-state index in [0.717, 1.165) is 12.8 Å². The maximum Gasteiger partial charge on any atom is 0.310 e. The Bertz CT molecular complexity index is 472. The van der Waals surface area contributed by atoms with Gasteiger partial charge in [0.2, 0.25) is 0 Å². The van der Waals surface area contributed by atoms with Crippen LogP contribution < -0.4 is 0 Å². The van der Waals surface area contributed by atoms with Crippen molar-refractivity contribution in [3.63, 3.8) is 0 Å². The van der Waals surface area contributed by atoms with Crippen LogP contribution in [0.1, 0.15) is 116 Å². The van der Waals surface area contributed by atoms with Gasteiger partial charge in [-0.15, -0.1) is 0 Å². The van der Waals surface area contributed by atoms with Gasteiger partial charge in [0.05, 0.1) is 25.6 Å². The van der Waals surface area contributed by atoms with Crippen molar-refractivity contribution in [3.05, 3.63) is 12.2 Å². The summed E-state index contributed by atoms with van der Waals surface area (Å²) in [5.74, 6) is -1.35. The lowest BCUT2D eigenvalue weighted by Crippen LogP contribution is -2.33. The number of hydrogen-bond acceptors (Lipinski definition) is 4. The molecule has 0 N–H and O–H groups in total. The maximum atomic E-state index is 12.3. The number of hydrogen-bond donors (Lipinski definition) is 0. The minimum Gasteiger partial charge on any atom is -0.469 e. The molecule has 1 aliphatic rings. The van der Waals surface area contributed by atoms with Crippen LogP contribution >= 0.6 is 0 Å². The van der Waals surface area contributed by atoms with Crippen LogP contribution in [0.2, 0.25) is 0 Å². The number of rotatable bonds is 18. The maximum absolute atomic E-state index is 12.3. The van der Waals surface area contributed by atoms with Gasteiger partial charge in [0.25, 0.3) is 0 Å². The fourth-order valence-electron chi connectivity index (χ4n) is 4.24. The molecule has 4 nitrogen and oxygen atoms in total. The fraction of sp³-hybridized carbons (Fsp3) is 0.846. The highest BCUT2D eigenvalue weighted by molar-refractivity contribution is 5.82. The van der Waals surface area contributed by atoms with Gasteiger partial charge in [-0.3, -0.25) is 9.59 Å². The first kappa shape index (κ1) is 26.7. The molecule has 0 spiro atoms. The molecule has 0 aliphatic heterocycles. The van der Waals surface area contributed by atoms with Gasteiger partial charge >= 0.3 is 11.9 Å². The molecule has 0 saturated heterocycles. The number of unbranched alkanes of at least 4 members (excludes halogenated alkanes) is 14. The molecule has 0 aromatic rings. The predicted octanol–water partition coefficient (Wildman–Crippen LogP) is 7.16. The molecule has 30 heavy (non-hydrogen) atoms. The van der Waals surface area contributed by atoms with Crippen LogP contribution in [0.4, 0.5) is 0 Å². The molecule has 0 fully saturated rings. The third-order valence-corrected chi connectivity index (χ3v) is 6.23. The lowest BCUT2D eigenvalue weighted by Gasteiger charge is -2.24. The summed E-state index contributed by atoms with van der Waals surface area (Å²) < 4.78 is 10.3. The monoisotopic (exact) mass is 422 g/mol. The minimum absolute atomic E-state index is 0.250. The number of esters is 2. The first-order valence-electron chi connectivity index (χ1n) is 12.6. The minimum atomic E-state index is -0.395. The summed E-state index contributed by atoms with van der Waals surface area (Å²) in [6, 6.07) is 0. The van der Waals surface area contributed by atoms with E-state index in [1.807, 2.05) is 12.2 Å². The van der Waals surface area contributed by atoms with E-state index in [1.54, 1.807) is 0 Å². The molecule has 0 saturated carbocycles. The lowest BCUT2D eigenvalue weighted by atomic mass is 9.83. The lowest BCUT2D eigenvalue weighted by molar-refractivity contribution is -0.159. The topological polar surface area (TPSA) is 52.6 Å². The van der Waals surface area contributed by atoms with E-state index in [2.05, 4.69) is 6.92 Å². The van der Waals surface area contributed by atoms with Crippen LogP contribution in [0.15, 0.2) is 12.2 Å². The molecule has 0 radical (unpaired) electrons. The largest absolute Gasteiger partial charge is 0.469 e. The summed E-state index contributed by atoms with van der Waals surface area (Å²) in [7, 11) is 1.37. The molecule has 0 amide bonds. The van der Waals surface area contributed by atoms with Crippen molar-refractivity contribution in [1.82, 2.24) is 0 Å². The van der Waals surface area contributed by atoms with E-state index in [0.29, 0.717) is 19.4 Å². The average Bonchev–Trinajstić information content (AvgIpc) is 2.78. The van der Waals surface area contributed by atoms with Crippen molar-refractivity contribution in [3.8, 4) is 0 Å². The van der Waals surface area contributed by atoms with Crippen molar-refractivity contribution in [2.45, 2.75) is 116 Å². The number of methoxy groups -OCH3 is 1. The zero-order valence-corrected chi connectivity index (χ0v) is 19.7. The van der Waals surface area contributed by atoms with E-state index in [-0.39, 0.29) is 11.9 Å². The summed E-state index contributed by atoms with van der Waals surface area (Å²) in [4.78, 5) is 24.2. The summed E-state index contributed by atoms with van der Waals surface area (Å²) in [5, 5.41) is 0. The van der Waals surface area contributed by atoms with E-state index in [1.165, 1.54) is 90.6 Å². The van der Waals surface area contributed by atoms with Crippen LogP contribution in [0.3, 0.4) is 0 Å². The Balaban J connectivity index is 1.91. The summed E-state index contributed by atoms with van der Waals surface area (Å²) in [5.41, 5.74) is 0. The summed E-state index contributed by atoms with van der Waals surface area (Å²) >= 11 is 0. The molecule has 0 aromatic heterocycles. The Morgan fingerprint density at radius 2 is 1.07 bits per heavy atom. The molecule has 1 rings (SSSR count). The van der Waals surface area contributed by atoms with Crippen LogP contribution in [0.25, 0.3) is 0 Å². The molecule has 0 heterocycles. The second kappa shape index (κ2) is 18.4. The molecule has 0 aromatic carbocycles. The smallest absolute Gasteiger partial charge is 0.310 e. The zero-order chi connectivity index (χ0) is 21.9. The molecule has 174 valence electrons.